The molecule has 2 atom stereocenters. The van der Waals surface area contributed by atoms with Crippen LogP contribution in [0.25, 0.3) is 0 Å². The van der Waals surface area contributed by atoms with Crippen molar-refractivity contribution in [2.75, 3.05) is 26.7 Å². The standard InChI is InChI=1S/C14H28N2O2/c1-5-15-14(3,13(17)18-4)9-11-16-10-7-6-8-12(16)2/h12,15H,5-11H2,1-4H3. The van der Waals surface area contributed by atoms with E-state index in [4.69, 9.17) is 4.74 Å². The lowest BCUT2D eigenvalue weighted by molar-refractivity contribution is -0.148. The van der Waals surface area contributed by atoms with Crippen molar-refractivity contribution in [1.29, 1.82) is 0 Å². The number of carbonyl (C=O) groups excluding carboxylic acids is 1. The molecule has 1 aliphatic rings. The second kappa shape index (κ2) is 7.10. The normalized spacial score (nSPS) is 24.6. The fraction of sp³-hybridized carbons (Fsp3) is 0.929. The Morgan fingerprint density at radius 1 is 1.50 bits per heavy atom. The molecule has 1 fully saturated rings. The Labute approximate surface area is 111 Å². The lowest BCUT2D eigenvalue weighted by Gasteiger charge is -2.36. The molecule has 1 N–H and O–H groups in total. The molecule has 4 nitrogen and oxygen atoms in total. The van der Waals surface area contributed by atoms with Gasteiger partial charge in [-0.05, 0) is 46.2 Å². The molecule has 2 unspecified atom stereocenters. The lowest BCUT2D eigenvalue weighted by Crippen LogP contribution is -2.52. The summed E-state index contributed by atoms with van der Waals surface area (Å²) in [5.41, 5.74) is -0.555. The quantitative estimate of drug-likeness (QED) is 0.736. The van der Waals surface area contributed by atoms with E-state index in [9.17, 15) is 4.79 Å². The minimum absolute atomic E-state index is 0.158. The molecule has 0 aliphatic carbocycles. The molecule has 0 amide bonds. The van der Waals surface area contributed by atoms with Crippen LogP contribution in [0.15, 0.2) is 0 Å². The second-order valence-electron chi connectivity index (χ2n) is 5.48. The van der Waals surface area contributed by atoms with Crippen LogP contribution in [-0.4, -0.2) is 49.2 Å². The summed E-state index contributed by atoms with van der Waals surface area (Å²) in [6.45, 7) is 9.13. The summed E-state index contributed by atoms with van der Waals surface area (Å²) >= 11 is 0. The van der Waals surface area contributed by atoms with E-state index in [1.807, 2.05) is 13.8 Å². The molecule has 4 heteroatoms. The van der Waals surface area contributed by atoms with Gasteiger partial charge in [0.2, 0.25) is 0 Å². The lowest BCUT2D eigenvalue weighted by atomic mass is 9.95. The van der Waals surface area contributed by atoms with Crippen LogP contribution < -0.4 is 5.32 Å². The Kier molecular flexibility index (Phi) is 6.09. The number of likely N-dealkylation sites (N-methyl/N-ethyl adjacent to an activating group) is 1. The van der Waals surface area contributed by atoms with Gasteiger partial charge in [0.15, 0.2) is 0 Å². The van der Waals surface area contributed by atoms with E-state index >= 15 is 0 Å². The van der Waals surface area contributed by atoms with Gasteiger partial charge in [-0.25, -0.2) is 0 Å². The Balaban J connectivity index is 2.53. The van der Waals surface area contributed by atoms with Crippen molar-refractivity contribution < 1.29 is 9.53 Å². The fourth-order valence-electron chi connectivity index (χ4n) is 2.74. The Bertz CT molecular complexity index is 271. The highest BCUT2D eigenvalue weighted by Gasteiger charge is 2.34. The van der Waals surface area contributed by atoms with E-state index in [1.165, 1.54) is 26.4 Å². The van der Waals surface area contributed by atoms with E-state index < -0.39 is 5.54 Å². The summed E-state index contributed by atoms with van der Waals surface area (Å²) in [5, 5.41) is 3.26. The molecular formula is C14H28N2O2. The van der Waals surface area contributed by atoms with Gasteiger partial charge in [0.05, 0.1) is 7.11 Å². The fourth-order valence-corrected chi connectivity index (χ4v) is 2.74. The molecule has 0 aromatic heterocycles. The Hall–Kier alpha value is -0.610. The summed E-state index contributed by atoms with van der Waals surface area (Å²) < 4.78 is 4.91. The van der Waals surface area contributed by atoms with Crippen LogP contribution in [0.3, 0.4) is 0 Å². The number of hydrogen-bond acceptors (Lipinski definition) is 4. The maximum atomic E-state index is 11.9. The number of nitrogens with zero attached hydrogens (tertiary/aromatic N) is 1. The molecule has 0 spiro atoms. The first-order chi connectivity index (χ1) is 8.53. The highest BCUT2D eigenvalue weighted by Crippen LogP contribution is 2.19. The molecule has 0 saturated carbocycles. The number of carbonyl (C=O) groups is 1. The number of nitrogens with one attached hydrogen (secondary N) is 1. The van der Waals surface area contributed by atoms with E-state index in [-0.39, 0.29) is 5.97 Å². The Morgan fingerprint density at radius 3 is 2.78 bits per heavy atom. The zero-order chi connectivity index (χ0) is 13.6. The molecule has 106 valence electrons. The van der Waals surface area contributed by atoms with Crippen molar-refractivity contribution in [2.45, 2.75) is 58.0 Å². The highest BCUT2D eigenvalue weighted by atomic mass is 16.5. The zero-order valence-corrected chi connectivity index (χ0v) is 12.3. The summed E-state index contributed by atoms with van der Waals surface area (Å²) in [5.74, 6) is -0.158. The second-order valence-corrected chi connectivity index (χ2v) is 5.48. The van der Waals surface area contributed by atoms with Crippen molar-refractivity contribution in [3.05, 3.63) is 0 Å². The molecular weight excluding hydrogens is 228 g/mol. The first kappa shape index (κ1) is 15.4. The minimum atomic E-state index is -0.555. The van der Waals surface area contributed by atoms with Gasteiger partial charge in [0, 0.05) is 12.6 Å². The largest absolute Gasteiger partial charge is 0.468 e. The van der Waals surface area contributed by atoms with E-state index in [2.05, 4.69) is 17.1 Å². The molecule has 0 bridgehead atoms. The predicted molar refractivity (Wildman–Crippen MR) is 73.6 cm³/mol. The molecule has 1 aliphatic heterocycles. The van der Waals surface area contributed by atoms with Crippen LogP contribution in [-0.2, 0) is 9.53 Å². The molecule has 0 radical (unpaired) electrons. The van der Waals surface area contributed by atoms with Crippen LogP contribution >= 0.6 is 0 Å². The van der Waals surface area contributed by atoms with Crippen molar-refractivity contribution in [2.24, 2.45) is 0 Å². The number of hydrogen-bond donors (Lipinski definition) is 1. The van der Waals surface area contributed by atoms with E-state index in [0.29, 0.717) is 6.04 Å². The van der Waals surface area contributed by atoms with Gasteiger partial charge in [-0.1, -0.05) is 13.3 Å². The third-order valence-electron chi connectivity index (χ3n) is 4.04. The zero-order valence-electron chi connectivity index (χ0n) is 12.3. The molecule has 1 rings (SSSR count). The number of piperidine rings is 1. The van der Waals surface area contributed by atoms with E-state index in [1.54, 1.807) is 0 Å². The number of rotatable bonds is 6. The maximum Gasteiger partial charge on any atom is 0.325 e. The monoisotopic (exact) mass is 256 g/mol. The summed E-state index contributed by atoms with van der Waals surface area (Å²) in [7, 11) is 1.46. The smallest absolute Gasteiger partial charge is 0.325 e. The summed E-state index contributed by atoms with van der Waals surface area (Å²) in [4.78, 5) is 14.4. The number of methoxy groups -OCH3 is 1. The van der Waals surface area contributed by atoms with Crippen molar-refractivity contribution in [3.63, 3.8) is 0 Å². The molecule has 1 heterocycles. The average Bonchev–Trinajstić information content (AvgIpc) is 2.37. The SMILES string of the molecule is CCNC(C)(CCN1CCCCC1C)C(=O)OC. The van der Waals surface area contributed by atoms with Crippen LogP contribution in [0.1, 0.15) is 46.5 Å². The van der Waals surface area contributed by atoms with Crippen LogP contribution in [0.2, 0.25) is 0 Å². The topological polar surface area (TPSA) is 41.6 Å². The average molecular weight is 256 g/mol. The van der Waals surface area contributed by atoms with Gasteiger partial charge in [0.1, 0.15) is 5.54 Å². The predicted octanol–water partition coefficient (Wildman–Crippen LogP) is 1.79. The van der Waals surface area contributed by atoms with Gasteiger partial charge in [0.25, 0.3) is 0 Å². The molecule has 18 heavy (non-hydrogen) atoms. The van der Waals surface area contributed by atoms with Gasteiger partial charge in [-0.2, -0.15) is 0 Å². The first-order valence-corrected chi connectivity index (χ1v) is 7.11. The highest BCUT2D eigenvalue weighted by molar-refractivity contribution is 5.80. The third kappa shape index (κ3) is 3.95. The van der Waals surface area contributed by atoms with Crippen LogP contribution in [0, 0.1) is 0 Å². The van der Waals surface area contributed by atoms with Crippen molar-refractivity contribution in [3.8, 4) is 0 Å². The van der Waals surface area contributed by atoms with E-state index in [0.717, 1.165) is 26.1 Å². The third-order valence-corrected chi connectivity index (χ3v) is 4.04. The van der Waals surface area contributed by atoms with Gasteiger partial charge in [-0.15, -0.1) is 0 Å². The summed E-state index contributed by atoms with van der Waals surface area (Å²) in [6, 6.07) is 0.641. The first-order valence-electron chi connectivity index (χ1n) is 7.11. The Morgan fingerprint density at radius 2 is 2.22 bits per heavy atom. The number of likely N-dealkylation sites (tertiary alicyclic amines) is 1. The van der Waals surface area contributed by atoms with Gasteiger partial charge in [-0.3, -0.25) is 4.79 Å². The molecule has 0 aromatic carbocycles. The number of esters is 1. The number of ether oxygens (including phenoxy) is 1. The summed E-state index contributed by atoms with van der Waals surface area (Å²) in [6.07, 6.45) is 4.69. The maximum absolute atomic E-state index is 11.9. The van der Waals surface area contributed by atoms with Crippen LogP contribution in [0.5, 0.6) is 0 Å². The van der Waals surface area contributed by atoms with Gasteiger partial charge >= 0.3 is 5.97 Å². The van der Waals surface area contributed by atoms with Crippen LogP contribution in [0.4, 0.5) is 0 Å². The van der Waals surface area contributed by atoms with Gasteiger partial charge < -0.3 is 15.0 Å². The van der Waals surface area contributed by atoms with Crippen molar-refractivity contribution in [1.82, 2.24) is 10.2 Å². The molecule has 0 aromatic rings. The van der Waals surface area contributed by atoms with Crippen molar-refractivity contribution >= 4 is 5.97 Å². The minimum Gasteiger partial charge on any atom is -0.468 e. The molecule has 1 saturated heterocycles.